The number of anilines is 1. The van der Waals surface area contributed by atoms with Crippen molar-refractivity contribution in [2.24, 2.45) is 10.7 Å². The molecule has 0 aliphatic carbocycles. The first-order chi connectivity index (χ1) is 12.3. The number of aromatic amines is 1. The SMILES string of the molecule is CC1(c2cc(NC(c3n[nH]cc3Cl)C(F)F)ccc2F)CCOC(N)=N1. The number of rotatable bonds is 5. The Morgan fingerprint density at radius 3 is 2.81 bits per heavy atom. The fourth-order valence-corrected chi connectivity index (χ4v) is 3.05. The van der Waals surface area contributed by atoms with Gasteiger partial charge in [0.1, 0.15) is 17.6 Å². The summed E-state index contributed by atoms with van der Waals surface area (Å²) in [4.78, 5) is 4.18. The van der Waals surface area contributed by atoms with Gasteiger partial charge < -0.3 is 15.8 Å². The number of hydrogen-bond donors (Lipinski definition) is 3. The molecule has 10 heteroatoms. The third-order valence-corrected chi connectivity index (χ3v) is 4.53. The Morgan fingerprint density at radius 2 is 2.19 bits per heavy atom. The number of nitrogens with zero attached hydrogens (tertiary/aromatic N) is 2. The standard InChI is InChI=1S/C16H17ClF3N5O/c1-16(4-5-26-15(21)24-16)9-6-8(2-3-11(9)18)23-13(14(19)20)12-10(17)7-22-25-12/h2-3,6-7,13-14,23H,4-5H2,1H3,(H2,21,24)(H,22,25). The third kappa shape index (κ3) is 3.57. The number of alkyl halides is 2. The molecule has 1 aliphatic heterocycles. The maximum absolute atomic E-state index is 14.4. The monoisotopic (exact) mass is 387 g/mol. The molecule has 0 radical (unpaired) electrons. The largest absolute Gasteiger partial charge is 0.465 e. The lowest BCUT2D eigenvalue weighted by atomic mass is 9.88. The Labute approximate surface area is 152 Å². The van der Waals surface area contributed by atoms with Gasteiger partial charge >= 0.3 is 0 Å². The molecule has 0 bridgehead atoms. The number of hydrogen-bond acceptors (Lipinski definition) is 5. The van der Waals surface area contributed by atoms with E-state index in [9.17, 15) is 13.2 Å². The molecule has 0 saturated carbocycles. The fraction of sp³-hybridized carbons (Fsp3) is 0.375. The summed E-state index contributed by atoms with van der Waals surface area (Å²) in [7, 11) is 0. The summed E-state index contributed by atoms with van der Waals surface area (Å²) in [5, 5.41) is 8.94. The van der Waals surface area contributed by atoms with Crippen LogP contribution in [0.1, 0.15) is 30.6 Å². The van der Waals surface area contributed by atoms with E-state index in [0.29, 0.717) is 6.42 Å². The first-order valence-electron chi connectivity index (χ1n) is 7.82. The highest BCUT2D eigenvalue weighted by Crippen LogP contribution is 2.36. The predicted octanol–water partition coefficient (Wildman–Crippen LogP) is 3.57. The van der Waals surface area contributed by atoms with Crippen molar-refractivity contribution in [3.05, 3.63) is 46.5 Å². The van der Waals surface area contributed by atoms with E-state index in [0.717, 1.165) is 0 Å². The average Bonchev–Trinajstić information content (AvgIpc) is 2.99. The molecular weight excluding hydrogens is 371 g/mol. The first-order valence-corrected chi connectivity index (χ1v) is 8.20. The zero-order valence-electron chi connectivity index (χ0n) is 13.8. The summed E-state index contributed by atoms with van der Waals surface area (Å²) in [5.41, 5.74) is 5.15. The maximum Gasteiger partial charge on any atom is 0.282 e. The molecule has 1 aromatic carbocycles. The van der Waals surface area contributed by atoms with E-state index in [1.165, 1.54) is 24.4 Å². The summed E-state index contributed by atoms with van der Waals surface area (Å²) in [6.45, 7) is 1.99. The van der Waals surface area contributed by atoms with E-state index in [-0.39, 0.29) is 34.6 Å². The van der Waals surface area contributed by atoms with E-state index in [4.69, 9.17) is 22.1 Å². The summed E-state index contributed by atoms with van der Waals surface area (Å²) >= 11 is 5.89. The van der Waals surface area contributed by atoms with Gasteiger partial charge in [-0.3, -0.25) is 5.10 Å². The quantitative estimate of drug-likeness (QED) is 0.731. The minimum Gasteiger partial charge on any atom is -0.465 e. The zero-order chi connectivity index (χ0) is 18.9. The van der Waals surface area contributed by atoms with Crippen LogP contribution in [0.25, 0.3) is 0 Å². The van der Waals surface area contributed by atoms with Gasteiger partial charge in [-0.05, 0) is 25.1 Å². The first kappa shape index (κ1) is 18.4. The van der Waals surface area contributed by atoms with Crippen LogP contribution in [0.5, 0.6) is 0 Å². The van der Waals surface area contributed by atoms with Crippen LogP contribution in [0.2, 0.25) is 5.02 Å². The minimum atomic E-state index is -2.78. The summed E-state index contributed by atoms with van der Waals surface area (Å²) in [5.74, 6) is -0.511. The molecule has 0 saturated heterocycles. The van der Waals surface area contributed by atoms with Crippen LogP contribution in [-0.2, 0) is 10.3 Å². The van der Waals surface area contributed by atoms with Gasteiger partial charge in [0.05, 0.1) is 17.2 Å². The number of amidine groups is 1. The summed E-state index contributed by atoms with van der Waals surface area (Å²) in [6.07, 6.45) is -1.07. The molecule has 4 N–H and O–H groups in total. The van der Waals surface area contributed by atoms with E-state index < -0.39 is 23.8 Å². The molecule has 3 rings (SSSR count). The fourth-order valence-electron chi connectivity index (χ4n) is 2.84. The number of nitrogens with two attached hydrogens (primary N) is 1. The number of H-pyrrole nitrogens is 1. The van der Waals surface area contributed by atoms with Gasteiger partial charge in [0.15, 0.2) is 0 Å². The second kappa shape index (κ2) is 7.06. The Hall–Kier alpha value is -2.42. The van der Waals surface area contributed by atoms with Crippen molar-refractivity contribution in [2.75, 3.05) is 11.9 Å². The molecule has 0 spiro atoms. The van der Waals surface area contributed by atoms with Gasteiger partial charge in [-0.25, -0.2) is 18.2 Å². The number of ether oxygens (including phenoxy) is 1. The molecule has 0 amide bonds. The highest BCUT2D eigenvalue weighted by molar-refractivity contribution is 6.31. The van der Waals surface area contributed by atoms with Crippen LogP contribution in [-0.4, -0.2) is 29.3 Å². The van der Waals surface area contributed by atoms with E-state index in [2.05, 4.69) is 20.5 Å². The lowest BCUT2D eigenvalue weighted by Crippen LogP contribution is -2.34. The van der Waals surface area contributed by atoms with E-state index in [1.54, 1.807) is 6.92 Å². The lowest BCUT2D eigenvalue weighted by Gasteiger charge is -2.30. The van der Waals surface area contributed by atoms with Crippen LogP contribution in [0.4, 0.5) is 18.9 Å². The molecule has 1 aliphatic rings. The molecule has 26 heavy (non-hydrogen) atoms. The number of nitrogens with one attached hydrogen (secondary N) is 2. The highest BCUT2D eigenvalue weighted by Gasteiger charge is 2.33. The van der Waals surface area contributed by atoms with Crippen LogP contribution in [0, 0.1) is 5.82 Å². The molecule has 2 unspecified atom stereocenters. The van der Waals surface area contributed by atoms with Crippen LogP contribution in [0.3, 0.4) is 0 Å². The second-order valence-electron chi connectivity index (χ2n) is 6.09. The molecule has 1 aromatic heterocycles. The zero-order valence-corrected chi connectivity index (χ0v) is 14.5. The van der Waals surface area contributed by atoms with Crippen LogP contribution >= 0.6 is 11.6 Å². The summed E-state index contributed by atoms with van der Waals surface area (Å²) in [6, 6.07) is 2.50. The van der Waals surface area contributed by atoms with E-state index >= 15 is 0 Å². The Kier molecular flexibility index (Phi) is 4.99. The molecular formula is C16H17ClF3N5O. The maximum atomic E-state index is 14.4. The third-order valence-electron chi connectivity index (χ3n) is 4.23. The van der Waals surface area contributed by atoms with Gasteiger partial charge in [-0.1, -0.05) is 11.6 Å². The van der Waals surface area contributed by atoms with Crippen molar-refractivity contribution in [2.45, 2.75) is 31.4 Å². The van der Waals surface area contributed by atoms with Gasteiger partial charge in [-0.2, -0.15) is 5.10 Å². The molecule has 2 heterocycles. The van der Waals surface area contributed by atoms with Gasteiger partial charge in [0, 0.05) is 23.9 Å². The normalized spacial score (nSPS) is 21.2. The smallest absolute Gasteiger partial charge is 0.282 e. The number of halogens is 4. The number of aliphatic imine (C=N–C) groups is 1. The van der Waals surface area contributed by atoms with Gasteiger partial charge in [0.2, 0.25) is 0 Å². The average molecular weight is 388 g/mol. The molecule has 2 aromatic rings. The number of benzene rings is 1. The molecule has 140 valence electrons. The molecule has 2 atom stereocenters. The highest BCUT2D eigenvalue weighted by atomic mass is 35.5. The summed E-state index contributed by atoms with van der Waals surface area (Å²) < 4.78 is 46.5. The Morgan fingerprint density at radius 1 is 1.42 bits per heavy atom. The van der Waals surface area contributed by atoms with Crippen molar-refractivity contribution < 1.29 is 17.9 Å². The topological polar surface area (TPSA) is 88.3 Å². The van der Waals surface area contributed by atoms with Crippen molar-refractivity contribution >= 4 is 23.3 Å². The van der Waals surface area contributed by atoms with E-state index in [1.807, 2.05) is 0 Å². The Balaban J connectivity index is 1.94. The lowest BCUT2D eigenvalue weighted by molar-refractivity contribution is 0.123. The van der Waals surface area contributed by atoms with Crippen LogP contribution in [0.15, 0.2) is 29.4 Å². The predicted molar refractivity (Wildman–Crippen MR) is 91.9 cm³/mol. The van der Waals surface area contributed by atoms with Crippen LogP contribution < -0.4 is 11.1 Å². The minimum absolute atomic E-state index is 0.0212. The van der Waals surface area contributed by atoms with Crippen molar-refractivity contribution in [3.63, 3.8) is 0 Å². The van der Waals surface area contributed by atoms with Crippen molar-refractivity contribution in [3.8, 4) is 0 Å². The number of aromatic nitrogens is 2. The Bertz CT molecular complexity index is 828. The van der Waals surface area contributed by atoms with Gasteiger partial charge in [-0.15, -0.1) is 0 Å². The van der Waals surface area contributed by atoms with Gasteiger partial charge in [0.25, 0.3) is 12.4 Å². The molecule has 6 nitrogen and oxygen atoms in total. The molecule has 0 fully saturated rings. The van der Waals surface area contributed by atoms with Crippen molar-refractivity contribution in [1.29, 1.82) is 0 Å². The van der Waals surface area contributed by atoms with Crippen molar-refractivity contribution in [1.82, 2.24) is 10.2 Å². The second-order valence-corrected chi connectivity index (χ2v) is 6.50.